The summed E-state index contributed by atoms with van der Waals surface area (Å²) in [7, 11) is 0. The third-order valence-corrected chi connectivity index (χ3v) is 18.4. The molecule has 3 aromatic carbocycles. The highest BCUT2D eigenvalue weighted by Crippen LogP contribution is 2.47. The van der Waals surface area contributed by atoms with Crippen LogP contribution in [0.5, 0.6) is 17.2 Å². The molecule has 6 aliphatic carbocycles. The van der Waals surface area contributed by atoms with Crippen molar-refractivity contribution in [2.45, 2.75) is 212 Å². The van der Waals surface area contributed by atoms with E-state index in [1.807, 2.05) is 12.1 Å². The summed E-state index contributed by atoms with van der Waals surface area (Å²) >= 11 is 0. The second kappa shape index (κ2) is 27.3. The lowest BCUT2D eigenvalue weighted by atomic mass is 9.68. The molecular weight excluding hydrogens is 940 g/mol. The van der Waals surface area contributed by atoms with Gasteiger partial charge in [0.15, 0.2) is 29.0 Å². The first-order chi connectivity index (χ1) is 34.6. The Balaban J connectivity index is 0.000000159. The van der Waals surface area contributed by atoms with Crippen LogP contribution in [0.15, 0.2) is 54.6 Å². The van der Waals surface area contributed by atoms with Gasteiger partial charge in [-0.2, -0.15) is 26.3 Å². The van der Waals surface area contributed by atoms with E-state index >= 15 is 0 Å². The SMILES string of the molecule is CC1CCC(C2CCC(c3cc(F)c(OC(F)F)c(F)c3)CC2)CC1.CC1CCC(C2CCC(c3ccc(OC(F)F)c(F)c3)CC2)CC1.CC1CCC(C2CCC(c3ccc(OC(F)F)cc3)CC2)CC1. The van der Waals surface area contributed by atoms with Crippen LogP contribution in [0.3, 0.4) is 0 Å². The first-order valence-corrected chi connectivity index (χ1v) is 27.8. The van der Waals surface area contributed by atoms with Crippen LogP contribution < -0.4 is 14.2 Å². The van der Waals surface area contributed by atoms with Gasteiger partial charge in [-0.15, -0.1) is 0 Å². The van der Waals surface area contributed by atoms with Crippen molar-refractivity contribution in [1.82, 2.24) is 0 Å². The molecule has 3 aromatic rings. The van der Waals surface area contributed by atoms with E-state index in [1.165, 1.54) is 133 Å². The van der Waals surface area contributed by atoms with Gasteiger partial charge in [0.05, 0.1) is 0 Å². The maximum absolute atomic E-state index is 13.9. The van der Waals surface area contributed by atoms with Crippen molar-refractivity contribution in [1.29, 1.82) is 0 Å². The predicted molar refractivity (Wildman–Crippen MR) is 267 cm³/mol. The minimum atomic E-state index is -3.23. The van der Waals surface area contributed by atoms with Gasteiger partial charge in [-0.3, -0.25) is 0 Å². The van der Waals surface area contributed by atoms with Crippen molar-refractivity contribution in [2.75, 3.05) is 0 Å². The summed E-state index contributed by atoms with van der Waals surface area (Å²) in [6.45, 7) is -1.91. The lowest BCUT2D eigenvalue weighted by Crippen LogP contribution is -2.24. The normalized spacial score (nSPS) is 31.2. The summed E-state index contributed by atoms with van der Waals surface area (Å²) in [6, 6.07) is 14.1. The summed E-state index contributed by atoms with van der Waals surface area (Å²) in [5.41, 5.74) is 2.76. The van der Waals surface area contributed by atoms with E-state index in [1.54, 1.807) is 18.2 Å². The van der Waals surface area contributed by atoms with Crippen molar-refractivity contribution in [3.63, 3.8) is 0 Å². The number of ether oxygens (including phenoxy) is 3. The summed E-state index contributed by atoms with van der Waals surface area (Å²) in [5, 5.41) is 0. The maximum Gasteiger partial charge on any atom is 0.387 e. The molecule has 9 rings (SSSR count). The predicted octanol–water partition coefficient (Wildman–Crippen LogP) is 19.6. The van der Waals surface area contributed by atoms with Crippen LogP contribution >= 0.6 is 0 Å². The van der Waals surface area contributed by atoms with Crippen molar-refractivity contribution >= 4 is 0 Å². The lowest BCUT2D eigenvalue weighted by molar-refractivity contribution is -0.0548. The van der Waals surface area contributed by atoms with Crippen molar-refractivity contribution in [3.05, 3.63) is 88.7 Å². The minimum Gasteiger partial charge on any atom is -0.435 e. The van der Waals surface area contributed by atoms with Gasteiger partial charge in [0.1, 0.15) is 5.75 Å². The Bertz CT molecular complexity index is 2010. The molecule has 0 aliphatic heterocycles. The molecule has 0 saturated heterocycles. The molecule has 72 heavy (non-hydrogen) atoms. The fraction of sp³-hybridized carbons (Fsp3) is 0.700. The molecule has 402 valence electrons. The average Bonchev–Trinajstić information content (AvgIpc) is 3.37. The van der Waals surface area contributed by atoms with E-state index in [2.05, 4.69) is 35.0 Å². The smallest absolute Gasteiger partial charge is 0.387 e. The zero-order chi connectivity index (χ0) is 51.3. The molecule has 0 N–H and O–H groups in total. The number of halogens is 9. The average molecular weight is 1020 g/mol. The van der Waals surface area contributed by atoms with Crippen molar-refractivity contribution in [3.8, 4) is 17.2 Å². The Morgan fingerprint density at radius 2 is 0.639 bits per heavy atom. The van der Waals surface area contributed by atoms with E-state index in [0.717, 1.165) is 109 Å². The first-order valence-electron chi connectivity index (χ1n) is 27.8. The fourth-order valence-electron chi connectivity index (χ4n) is 13.9. The van der Waals surface area contributed by atoms with Gasteiger partial charge >= 0.3 is 19.8 Å². The molecule has 0 aromatic heterocycles. The van der Waals surface area contributed by atoms with E-state index in [0.29, 0.717) is 17.4 Å². The zero-order valence-corrected chi connectivity index (χ0v) is 43.0. The molecular formula is C60H81F9O3. The Labute approximate surface area is 424 Å². The molecule has 6 fully saturated rings. The Morgan fingerprint density at radius 3 is 0.986 bits per heavy atom. The van der Waals surface area contributed by atoms with Crippen LogP contribution in [0.1, 0.15) is 209 Å². The largest absolute Gasteiger partial charge is 0.435 e. The third-order valence-electron chi connectivity index (χ3n) is 18.4. The molecule has 3 nitrogen and oxygen atoms in total. The number of rotatable bonds is 12. The second-order valence-corrected chi connectivity index (χ2v) is 23.1. The molecule has 0 spiro atoms. The molecule has 12 heteroatoms. The fourth-order valence-corrected chi connectivity index (χ4v) is 13.9. The Kier molecular flexibility index (Phi) is 21.3. The van der Waals surface area contributed by atoms with E-state index in [-0.39, 0.29) is 17.4 Å². The summed E-state index contributed by atoms with van der Waals surface area (Å²) in [6.07, 6.45) is 30.1. The summed E-state index contributed by atoms with van der Waals surface area (Å²) in [5.74, 6) is 4.92. The van der Waals surface area contributed by atoms with Gasteiger partial charge in [-0.05, 0) is 240 Å². The first kappa shape index (κ1) is 56.2. The van der Waals surface area contributed by atoms with Gasteiger partial charge in [0, 0.05) is 0 Å². The van der Waals surface area contributed by atoms with Crippen LogP contribution in [0.4, 0.5) is 39.5 Å². The molecule has 0 amide bonds. The van der Waals surface area contributed by atoms with Crippen molar-refractivity contribution in [2.24, 2.45) is 53.3 Å². The molecule has 0 bridgehead atoms. The quantitative estimate of drug-likeness (QED) is 0.169. The van der Waals surface area contributed by atoms with E-state index in [9.17, 15) is 39.5 Å². The van der Waals surface area contributed by atoms with Gasteiger partial charge in [0.25, 0.3) is 0 Å². The van der Waals surface area contributed by atoms with Crippen LogP contribution in [0, 0.1) is 70.7 Å². The van der Waals surface area contributed by atoms with Gasteiger partial charge in [0.2, 0.25) is 0 Å². The van der Waals surface area contributed by atoms with Crippen LogP contribution in [-0.4, -0.2) is 19.8 Å². The highest BCUT2D eigenvalue weighted by Gasteiger charge is 2.34. The molecule has 6 aliphatic rings. The van der Waals surface area contributed by atoms with Crippen molar-refractivity contribution < 1.29 is 53.7 Å². The molecule has 0 heterocycles. The lowest BCUT2D eigenvalue weighted by Gasteiger charge is -2.37. The van der Waals surface area contributed by atoms with Crippen LogP contribution in [-0.2, 0) is 0 Å². The molecule has 0 radical (unpaired) electrons. The van der Waals surface area contributed by atoms with E-state index < -0.39 is 43.0 Å². The minimum absolute atomic E-state index is 0.100. The monoisotopic (exact) mass is 1020 g/mol. The second-order valence-electron chi connectivity index (χ2n) is 23.1. The molecule has 0 atom stereocenters. The van der Waals surface area contributed by atoms with Crippen LogP contribution in [0.2, 0.25) is 0 Å². The number of hydrogen-bond acceptors (Lipinski definition) is 3. The molecule has 6 saturated carbocycles. The van der Waals surface area contributed by atoms with E-state index in [4.69, 9.17) is 0 Å². The number of benzene rings is 3. The maximum atomic E-state index is 13.9. The van der Waals surface area contributed by atoms with Gasteiger partial charge in [-0.25, -0.2) is 13.2 Å². The van der Waals surface area contributed by atoms with Crippen LogP contribution in [0.25, 0.3) is 0 Å². The Morgan fingerprint density at radius 1 is 0.333 bits per heavy atom. The van der Waals surface area contributed by atoms with Gasteiger partial charge in [-0.1, -0.05) is 77.5 Å². The number of hydrogen-bond donors (Lipinski definition) is 0. The standard InChI is InChI=1S/C20H26F4O.C20H27F3O.C20H28F2O/c1-12-2-4-13(5-3-12)14-6-8-15(9-7-14)16-10-17(21)19(18(22)11-16)25-20(23)24;1-13-2-4-14(5-3-13)15-6-8-16(9-7-15)17-10-11-19(18(21)12-17)24-20(22)23;1-14-2-4-15(5-3-14)16-6-8-17(9-7-16)18-10-12-19(13-11-18)23-20(21)22/h10-15,20H,2-9H2,1H3;10-16,20H,2-9H2,1H3;10-17,20H,2-9H2,1H3. The topological polar surface area (TPSA) is 27.7 Å². The Hall–Kier alpha value is -3.57. The van der Waals surface area contributed by atoms with Gasteiger partial charge < -0.3 is 14.2 Å². The number of alkyl halides is 6. The molecule has 0 unspecified atom stereocenters. The summed E-state index contributed by atoms with van der Waals surface area (Å²) < 4.78 is 128. The third kappa shape index (κ3) is 16.5. The highest BCUT2D eigenvalue weighted by molar-refractivity contribution is 5.34. The zero-order valence-electron chi connectivity index (χ0n) is 43.0. The highest BCUT2D eigenvalue weighted by atomic mass is 19.3. The summed E-state index contributed by atoms with van der Waals surface area (Å²) in [4.78, 5) is 0.